The second-order valence-electron chi connectivity index (χ2n) is 18.7. The normalized spacial score (nSPS) is 59.9. The molecule has 8 aliphatic rings. The van der Waals surface area contributed by atoms with E-state index in [-0.39, 0.29) is 29.3 Å². The Kier molecular flexibility index (Phi) is 10.00. The van der Waals surface area contributed by atoms with Crippen molar-refractivity contribution in [3.8, 4) is 0 Å². The molecule has 4 saturated heterocycles. The monoisotopic (exact) mass is 724 g/mol. The number of hydrogen-bond donors (Lipinski definition) is 6. The van der Waals surface area contributed by atoms with Crippen LogP contribution in [0, 0.1) is 52.3 Å². The van der Waals surface area contributed by atoms with Gasteiger partial charge >= 0.3 is 0 Å². The summed E-state index contributed by atoms with van der Waals surface area (Å²) in [6.07, 6.45) is -1.92. The molecule has 0 amide bonds. The van der Waals surface area contributed by atoms with Gasteiger partial charge in [0.2, 0.25) is 0 Å². The number of aliphatic hydroxyl groups excluding tert-OH is 6. The van der Waals surface area contributed by atoms with Crippen molar-refractivity contribution in [2.45, 2.75) is 178 Å². The van der Waals surface area contributed by atoms with Crippen LogP contribution in [0.4, 0.5) is 0 Å². The van der Waals surface area contributed by atoms with Crippen LogP contribution in [-0.2, 0) is 28.4 Å². The van der Waals surface area contributed by atoms with Crippen LogP contribution < -0.4 is 0 Å². The van der Waals surface area contributed by atoms with Crippen LogP contribution in [0.1, 0.15) is 98.8 Å². The summed E-state index contributed by atoms with van der Waals surface area (Å²) in [6.45, 7) is 11.9. The first kappa shape index (κ1) is 37.4. The lowest BCUT2D eigenvalue weighted by molar-refractivity contribution is -0.336. The average molecular weight is 725 g/mol. The fraction of sp³-hybridized carbons (Fsp3) is 1.00. The summed E-state index contributed by atoms with van der Waals surface area (Å²) < 4.78 is 37.1. The van der Waals surface area contributed by atoms with E-state index in [1.807, 2.05) is 0 Å². The highest BCUT2D eigenvalue weighted by atomic mass is 16.7. The molecule has 51 heavy (non-hydrogen) atoms. The van der Waals surface area contributed by atoms with E-state index in [1.54, 1.807) is 6.92 Å². The quantitative estimate of drug-likeness (QED) is 0.229. The van der Waals surface area contributed by atoms with Gasteiger partial charge in [-0.2, -0.15) is 0 Å². The van der Waals surface area contributed by atoms with Crippen LogP contribution in [0.5, 0.6) is 0 Å². The number of fused-ring (bicyclic) bond motifs is 7. The highest BCUT2D eigenvalue weighted by Gasteiger charge is 2.69. The zero-order valence-corrected chi connectivity index (χ0v) is 31.1. The lowest BCUT2D eigenvalue weighted by Gasteiger charge is -2.61. The van der Waals surface area contributed by atoms with Crippen molar-refractivity contribution in [2.75, 3.05) is 13.2 Å². The van der Waals surface area contributed by atoms with E-state index in [2.05, 4.69) is 27.7 Å². The Bertz CT molecular complexity index is 1250. The van der Waals surface area contributed by atoms with Gasteiger partial charge in [-0.05, 0) is 111 Å². The molecule has 6 N–H and O–H groups in total. The predicted octanol–water partition coefficient (Wildman–Crippen LogP) is 2.47. The summed E-state index contributed by atoms with van der Waals surface area (Å²) in [5, 5.41) is 62.8. The van der Waals surface area contributed by atoms with E-state index in [4.69, 9.17) is 28.4 Å². The molecular formula is C39H64O12. The van der Waals surface area contributed by atoms with Crippen molar-refractivity contribution >= 4 is 0 Å². The smallest absolute Gasteiger partial charge is 0.186 e. The van der Waals surface area contributed by atoms with Gasteiger partial charge in [0.1, 0.15) is 42.7 Å². The number of rotatable bonds is 5. The third kappa shape index (κ3) is 6.00. The lowest BCUT2D eigenvalue weighted by Crippen LogP contribution is -2.61. The number of hydrogen-bond acceptors (Lipinski definition) is 12. The SMILES string of the molecule is CC1CC[C@@]2(OC1)O[C@H]1C[C@H]3[C@@H]4CC[C@H]5C[C@@H](O[C@@H]6O[C@H](CO[C@@H]7O[C@@H](C)[C@H](O)[C@@H](O)[C@H]7O)[C@@H](O)[C@H](O)[C@H]6O)CC[C@]5(C)[C@H]4CC[C@]3(C)[C@H]1[C@@H]2C. The first-order chi connectivity index (χ1) is 24.2. The van der Waals surface area contributed by atoms with Gasteiger partial charge in [0, 0.05) is 12.3 Å². The molecule has 4 aliphatic heterocycles. The maximum atomic E-state index is 10.9. The summed E-state index contributed by atoms with van der Waals surface area (Å²) >= 11 is 0. The van der Waals surface area contributed by atoms with Gasteiger partial charge < -0.3 is 59.1 Å². The second-order valence-corrected chi connectivity index (χ2v) is 18.7. The fourth-order valence-electron chi connectivity index (χ4n) is 13.1. The summed E-state index contributed by atoms with van der Waals surface area (Å²) in [7, 11) is 0. The molecule has 0 radical (unpaired) electrons. The minimum absolute atomic E-state index is 0.160. The van der Waals surface area contributed by atoms with Gasteiger partial charge in [-0.1, -0.05) is 27.7 Å². The first-order valence-corrected chi connectivity index (χ1v) is 20.1. The lowest BCUT2D eigenvalue weighted by atomic mass is 9.44. The van der Waals surface area contributed by atoms with E-state index in [0.717, 1.165) is 45.1 Å². The van der Waals surface area contributed by atoms with E-state index in [0.29, 0.717) is 47.5 Å². The van der Waals surface area contributed by atoms with Crippen LogP contribution >= 0.6 is 0 Å². The second kappa shape index (κ2) is 13.6. The standard InChI is InChI=1S/C39H64O12/c1-18-8-13-39(47-16-18)19(2)28-26(51-39)15-25-23-7-6-21-14-22(9-11-37(21,4)24(23)10-12-38(25,28)5)49-36-34(45)32(43)30(41)27(50-36)17-46-35-33(44)31(42)29(40)20(3)48-35/h18-36,40-45H,6-17H2,1-5H3/t18?,19-,20-,21-,22-,23+,24-,25-,26-,27+,28-,29-,30+,31+,32-,33+,34+,35+,36+,37-,38-,39+/m0/s1. The van der Waals surface area contributed by atoms with E-state index in [9.17, 15) is 30.6 Å². The Hall–Kier alpha value is -0.480. The van der Waals surface area contributed by atoms with E-state index < -0.39 is 61.4 Å². The zero-order valence-electron chi connectivity index (χ0n) is 31.1. The van der Waals surface area contributed by atoms with Crippen LogP contribution in [-0.4, -0.2) is 123 Å². The van der Waals surface area contributed by atoms with Gasteiger partial charge in [-0.3, -0.25) is 0 Å². The Morgan fingerprint density at radius 2 is 1.41 bits per heavy atom. The molecule has 12 nitrogen and oxygen atoms in total. The van der Waals surface area contributed by atoms with Crippen molar-refractivity contribution in [3.05, 3.63) is 0 Å². The van der Waals surface area contributed by atoms with Crippen molar-refractivity contribution in [1.29, 1.82) is 0 Å². The predicted molar refractivity (Wildman–Crippen MR) is 182 cm³/mol. The topological polar surface area (TPSA) is 177 Å². The molecule has 0 bridgehead atoms. The Labute approximate surface area is 302 Å². The number of aliphatic hydroxyl groups is 6. The Morgan fingerprint density at radius 3 is 2.16 bits per heavy atom. The molecule has 292 valence electrons. The molecule has 12 heteroatoms. The molecule has 1 spiro atoms. The fourth-order valence-corrected chi connectivity index (χ4v) is 13.1. The number of ether oxygens (including phenoxy) is 6. The molecule has 8 fully saturated rings. The van der Waals surface area contributed by atoms with Gasteiger partial charge in [-0.25, -0.2) is 0 Å². The summed E-state index contributed by atoms with van der Waals surface area (Å²) in [5.41, 5.74) is 0.498. The van der Waals surface area contributed by atoms with Crippen molar-refractivity contribution < 1.29 is 59.1 Å². The van der Waals surface area contributed by atoms with Crippen LogP contribution in [0.3, 0.4) is 0 Å². The molecule has 4 saturated carbocycles. The maximum absolute atomic E-state index is 10.9. The minimum atomic E-state index is -1.53. The summed E-state index contributed by atoms with van der Waals surface area (Å²) in [5.74, 6) is 3.73. The molecular weight excluding hydrogens is 660 g/mol. The van der Waals surface area contributed by atoms with Gasteiger partial charge in [0.05, 0.1) is 31.5 Å². The molecule has 0 aromatic heterocycles. The third-order valence-corrected chi connectivity index (χ3v) is 16.1. The summed E-state index contributed by atoms with van der Waals surface area (Å²) in [6, 6.07) is 0. The summed E-state index contributed by atoms with van der Waals surface area (Å²) in [4.78, 5) is 0. The van der Waals surface area contributed by atoms with Crippen molar-refractivity contribution in [3.63, 3.8) is 0 Å². The van der Waals surface area contributed by atoms with Gasteiger partial charge in [0.15, 0.2) is 18.4 Å². The van der Waals surface area contributed by atoms with Gasteiger partial charge in [-0.15, -0.1) is 0 Å². The van der Waals surface area contributed by atoms with Crippen LogP contribution in [0.2, 0.25) is 0 Å². The highest BCUT2D eigenvalue weighted by Crippen LogP contribution is 2.71. The maximum Gasteiger partial charge on any atom is 0.186 e. The minimum Gasteiger partial charge on any atom is -0.388 e. The van der Waals surface area contributed by atoms with E-state index >= 15 is 0 Å². The highest BCUT2D eigenvalue weighted by molar-refractivity contribution is 5.15. The molecule has 0 aromatic rings. The Morgan fingerprint density at radius 1 is 0.686 bits per heavy atom. The Balaban J connectivity index is 0.889. The largest absolute Gasteiger partial charge is 0.388 e. The zero-order chi connectivity index (χ0) is 36.2. The van der Waals surface area contributed by atoms with Gasteiger partial charge in [0.25, 0.3) is 0 Å². The van der Waals surface area contributed by atoms with Crippen LogP contribution in [0.25, 0.3) is 0 Å². The molecule has 1 unspecified atom stereocenters. The molecule has 22 atom stereocenters. The van der Waals surface area contributed by atoms with Crippen molar-refractivity contribution in [1.82, 2.24) is 0 Å². The van der Waals surface area contributed by atoms with Crippen LogP contribution in [0.15, 0.2) is 0 Å². The molecule has 8 rings (SSSR count). The molecule has 4 heterocycles. The molecule has 4 aliphatic carbocycles. The molecule has 0 aromatic carbocycles. The van der Waals surface area contributed by atoms with Crippen molar-refractivity contribution in [2.24, 2.45) is 52.3 Å². The average Bonchev–Trinajstić information content (AvgIpc) is 3.56. The van der Waals surface area contributed by atoms with E-state index in [1.165, 1.54) is 25.7 Å². The third-order valence-electron chi connectivity index (χ3n) is 16.1. The first-order valence-electron chi connectivity index (χ1n) is 20.1.